The van der Waals surface area contributed by atoms with Crippen molar-refractivity contribution in [3.05, 3.63) is 42.2 Å². The van der Waals surface area contributed by atoms with Crippen LogP contribution in [0.1, 0.15) is 11.6 Å². The van der Waals surface area contributed by atoms with E-state index in [2.05, 4.69) is 36.8 Å². The van der Waals surface area contributed by atoms with Crippen LogP contribution in [0.2, 0.25) is 0 Å². The van der Waals surface area contributed by atoms with Gasteiger partial charge in [0.05, 0.1) is 5.69 Å². The van der Waals surface area contributed by atoms with E-state index in [1.54, 1.807) is 6.26 Å². The zero-order valence-electron chi connectivity index (χ0n) is 13.6. The molecule has 0 N–H and O–H groups in total. The van der Waals surface area contributed by atoms with Crippen molar-refractivity contribution in [3.63, 3.8) is 0 Å². The van der Waals surface area contributed by atoms with E-state index in [4.69, 9.17) is 4.42 Å². The SMILES string of the molecule is Cc1nc(CN2CC(N3CCN(c4ccccn4)CC3)C2)co1. The van der Waals surface area contributed by atoms with Crippen molar-refractivity contribution in [1.82, 2.24) is 19.8 Å². The fraction of sp³-hybridized carbons (Fsp3) is 0.529. The summed E-state index contributed by atoms with van der Waals surface area (Å²) in [4.78, 5) is 16.3. The average molecular weight is 313 g/mol. The van der Waals surface area contributed by atoms with Gasteiger partial charge < -0.3 is 9.32 Å². The summed E-state index contributed by atoms with van der Waals surface area (Å²) in [6.07, 6.45) is 3.64. The number of oxazole rings is 1. The van der Waals surface area contributed by atoms with Crippen LogP contribution in [0.15, 0.2) is 35.1 Å². The smallest absolute Gasteiger partial charge is 0.191 e. The minimum absolute atomic E-state index is 0.689. The third kappa shape index (κ3) is 3.23. The third-order valence-corrected chi connectivity index (χ3v) is 4.79. The number of anilines is 1. The van der Waals surface area contributed by atoms with Crippen molar-refractivity contribution >= 4 is 5.82 Å². The molecule has 4 rings (SSSR count). The minimum atomic E-state index is 0.689. The first-order valence-electron chi connectivity index (χ1n) is 8.31. The lowest BCUT2D eigenvalue weighted by atomic mass is 10.1. The number of likely N-dealkylation sites (tertiary alicyclic amines) is 1. The van der Waals surface area contributed by atoms with E-state index in [-0.39, 0.29) is 0 Å². The van der Waals surface area contributed by atoms with Crippen LogP contribution in [0.3, 0.4) is 0 Å². The molecule has 0 amide bonds. The Kier molecular flexibility index (Phi) is 4.01. The van der Waals surface area contributed by atoms with Crippen molar-refractivity contribution < 1.29 is 4.42 Å². The summed E-state index contributed by atoms with van der Waals surface area (Å²) in [6, 6.07) is 6.82. The van der Waals surface area contributed by atoms with E-state index in [1.807, 2.05) is 19.2 Å². The predicted octanol–water partition coefficient (Wildman–Crippen LogP) is 1.38. The first-order valence-corrected chi connectivity index (χ1v) is 8.31. The molecule has 0 spiro atoms. The van der Waals surface area contributed by atoms with E-state index in [0.717, 1.165) is 63.2 Å². The maximum Gasteiger partial charge on any atom is 0.191 e. The van der Waals surface area contributed by atoms with Crippen molar-refractivity contribution in [2.45, 2.75) is 19.5 Å². The standard InChI is InChI=1S/C17H23N5O/c1-14-19-15(13-23-14)10-20-11-16(12-20)21-6-8-22(9-7-21)17-4-2-3-5-18-17/h2-5,13,16H,6-12H2,1H3. The summed E-state index contributed by atoms with van der Waals surface area (Å²) in [7, 11) is 0. The highest BCUT2D eigenvalue weighted by Crippen LogP contribution is 2.20. The largest absolute Gasteiger partial charge is 0.449 e. The molecule has 2 aromatic rings. The zero-order chi connectivity index (χ0) is 15.6. The Morgan fingerprint density at radius 3 is 2.65 bits per heavy atom. The van der Waals surface area contributed by atoms with Crippen LogP contribution in [0.4, 0.5) is 5.82 Å². The fourth-order valence-electron chi connectivity index (χ4n) is 3.47. The number of aryl methyl sites for hydroxylation is 1. The van der Waals surface area contributed by atoms with Crippen LogP contribution < -0.4 is 4.90 Å². The van der Waals surface area contributed by atoms with E-state index >= 15 is 0 Å². The molecule has 2 aliphatic rings. The summed E-state index contributed by atoms with van der Waals surface area (Å²) in [5, 5.41) is 0. The van der Waals surface area contributed by atoms with Gasteiger partial charge in [0.15, 0.2) is 5.89 Å². The van der Waals surface area contributed by atoms with Crippen molar-refractivity contribution in [3.8, 4) is 0 Å². The zero-order valence-corrected chi connectivity index (χ0v) is 13.6. The molecule has 0 aromatic carbocycles. The number of hydrogen-bond acceptors (Lipinski definition) is 6. The van der Waals surface area contributed by atoms with Gasteiger partial charge in [0.1, 0.15) is 12.1 Å². The first-order chi connectivity index (χ1) is 11.3. The highest BCUT2D eigenvalue weighted by molar-refractivity contribution is 5.38. The monoisotopic (exact) mass is 313 g/mol. The molecule has 2 aromatic heterocycles. The van der Waals surface area contributed by atoms with Crippen LogP contribution in [-0.2, 0) is 6.54 Å². The second-order valence-corrected chi connectivity index (χ2v) is 6.42. The number of hydrogen-bond donors (Lipinski definition) is 0. The van der Waals surface area contributed by atoms with E-state index < -0.39 is 0 Å². The van der Waals surface area contributed by atoms with Gasteiger partial charge in [-0.3, -0.25) is 9.80 Å². The molecule has 2 saturated heterocycles. The van der Waals surface area contributed by atoms with Gasteiger partial charge in [-0.2, -0.15) is 0 Å². The van der Waals surface area contributed by atoms with Crippen molar-refractivity contribution in [2.75, 3.05) is 44.2 Å². The first kappa shape index (κ1) is 14.7. The Bertz CT molecular complexity index is 629. The van der Waals surface area contributed by atoms with Crippen molar-refractivity contribution in [1.29, 1.82) is 0 Å². The third-order valence-electron chi connectivity index (χ3n) is 4.79. The van der Waals surface area contributed by atoms with E-state index in [0.29, 0.717) is 6.04 Å². The summed E-state index contributed by atoms with van der Waals surface area (Å²) < 4.78 is 5.27. The van der Waals surface area contributed by atoms with Crippen LogP contribution in [-0.4, -0.2) is 65.1 Å². The van der Waals surface area contributed by atoms with Crippen molar-refractivity contribution in [2.24, 2.45) is 0 Å². The Hall–Kier alpha value is -1.92. The number of rotatable bonds is 4. The second-order valence-electron chi connectivity index (χ2n) is 6.42. The lowest BCUT2D eigenvalue weighted by molar-refractivity contribution is 0.0248. The molecule has 2 fully saturated rings. The van der Waals surface area contributed by atoms with Crippen LogP contribution in [0.25, 0.3) is 0 Å². The Morgan fingerprint density at radius 2 is 2.00 bits per heavy atom. The molecular formula is C17H23N5O. The van der Waals surface area contributed by atoms with Gasteiger partial charge in [0.25, 0.3) is 0 Å². The quantitative estimate of drug-likeness (QED) is 0.850. The normalized spacial score (nSPS) is 20.7. The molecular weight excluding hydrogens is 290 g/mol. The number of aromatic nitrogens is 2. The molecule has 0 aliphatic carbocycles. The van der Waals surface area contributed by atoms with Crippen LogP contribution >= 0.6 is 0 Å². The second kappa shape index (κ2) is 6.29. The lowest BCUT2D eigenvalue weighted by Crippen LogP contribution is -2.62. The lowest BCUT2D eigenvalue weighted by Gasteiger charge is -2.48. The molecule has 0 saturated carbocycles. The summed E-state index contributed by atoms with van der Waals surface area (Å²) >= 11 is 0. The van der Waals surface area contributed by atoms with Crippen LogP contribution in [0, 0.1) is 6.92 Å². The maximum absolute atomic E-state index is 5.27. The molecule has 0 atom stereocenters. The molecule has 4 heterocycles. The Labute approximate surface area is 136 Å². The minimum Gasteiger partial charge on any atom is -0.449 e. The predicted molar refractivity (Wildman–Crippen MR) is 88.3 cm³/mol. The Morgan fingerprint density at radius 1 is 1.17 bits per heavy atom. The molecule has 2 aliphatic heterocycles. The van der Waals surface area contributed by atoms with Gasteiger partial charge >= 0.3 is 0 Å². The van der Waals surface area contributed by atoms with E-state index in [9.17, 15) is 0 Å². The Balaban J connectivity index is 1.23. The highest BCUT2D eigenvalue weighted by Gasteiger charge is 2.33. The van der Waals surface area contributed by atoms with Gasteiger partial charge in [-0.1, -0.05) is 6.07 Å². The van der Waals surface area contributed by atoms with E-state index in [1.165, 1.54) is 0 Å². The van der Waals surface area contributed by atoms with Gasteiger partial charge in [-0.05, 0) is 12.1 Å². The van der Waals surface area contributed by atoms with Gasteiger partial charge in [0, 0.05) is 65.0 Å². The van der Waals surface area contributed by atoms with Crippen LogP contribution in [0.5, 0.6) is 0 Å². The molecule has 0 radical (unpaired) electrons. The number of pyridine rings is 1. The molecule has 6 heteroatoms. The average Bonchev–Trinajstić information content (AvgIpc) is 2.97. The van der Waals surface area contributed by atoms with Gasteiger partial charge in [-0.25, -0.2) is 9.97 Å². The fourth-order valence-corrected chi connectivity index (χ4v) is 3.47. The van der Waals surface area contributed by atoms with Gasteiger partial charge in [0.2, 0.25) is 0 Å². The molecule has 0 bridgehead atoms. The molecule has 23 heavy (non-hydrogen) atoms. The number of nitrogens with zero attached hydrogens (tertiary/aromatic N) is 5. The molecule has 6 nitrogen and oxygen atoms in total. The summed E-state index contributed by atoms with van der Waals surface area (Å²) in [5.74, 6) is 1.85. The summed E-state index contributed by atoms with van der Waals surface area (Å²) in [5.41, 5.74) is 1.04. The highest BCUT2D eigenvalue weighted by atomic mass is 16.3. The summed E-state index contributed by atoms with van der Waals surface area (Å²) in [6.45, 7) is 9.44. The maximum atomic E-state index is 5.27. The topological polar surface area (TPSA) is 48.6 Å². The molecule has 122 valence electrons. The molecule has 0 unspecified atom stereocenters. The number of piperazine rings is 1. The van der Waals surface area contributed by atoms with Gasteiger partial charge in [-0.15, -0.1) is 0 Å².